The van der Waals surface area contributed by atoms with Crippen LogP contribution in [0.25, 0.3) is 0 Å². The molecule has 18 heavy (non-hydrogen) atoms. The van der Waals surface area contributed by atoms with E-state index in [0.717, 1.165) is 0 Å². The molecule has 1 rings (SSSR count). The number of hydrogen-bond donors (Lipinski definition) is 2. The Hall–Kier alpha value is -1.55. The molecule has 1 atom stereocenters. The van der Waals surface area contributed by atoms with E-state index in [1.54, 1.807) is 12.1 Å². The van der Waals surface area contributed by atoms with Gasteiger partial charge in [0.2, 0.25) is 0 Å². The van der Waals surface area contributed by atoms with Crippen LogP contribution in [0.1, 0.15) is 31.1 Å². The topological polar surface area (TPSA) is 64.3 Å². The first kappa shape index (κ1) is 14.5. The predicted octanol–water partition coefficient (Wildman–Crippen LogP) is 1.80. The van der Waals surface area contributed by atoms with Crippen LogP contribution in [0.15, 0.2) is 24.3 Å². The molecular formula is C14H22N2O2. The summed E-state index contributed by atoms with van der Waals surface area (Å²) in [7, 11) is 0. The van der Waals surface area contributed by atoms with Crippen molar-refractivity contribution in [2.45, 2.75) is 26.8 Å². The lowest BCUT2D eigenvalue weighted by molar-refractivity contribution is 0.0924. The molecule has 0 aliphatic heterocycles. The number of carbonyl (C=O) groups is 1. The highest BCUT2D eigenvalue weighted by Crippen LogP contribution is 2.18. The second-order valence-electron chi connectivity index (χ2n) is 4.49. The zero-order chi connectivity index (χ0) is 13.5. The largest absolute Gasteiger partial charge is 0.493 e. The van der Waals surface area contributed by atoms with Gasteiger partial charge in [0.25, 0.3) is 5.91 Å². The second kappa shape index (κ2) is 7.01. The van der Waals surface area contributed by atoms with Crippen LogP contribution in [0.3, 0.4) is 0 Å². The minimum atomic E-state index is -0.136. The van der Waals surface area contributed by atoms with E-state index < -0.39 is 0 Å². The minimum Gasteiger partial charge on any atom is -0.493 e. The van der Waals surface area contributed by atoms with E-state index in [4.69, 9.17) is 10.5 Å². The molecule has 0 spiro atoms. The number of para-hydroxylation sites is 1. The molecule has 0 aromatic heterocycles. The fraction of sp³-hybridized carbons (Fsp3) is 0.500. The van der Waals surface area contributed by atoms with Crippen molar-refractivity contribution in [3.05, 3.63) is 29.8 Å². The van der Waals surface area contributed by atoms with Crippen LogP contribution in [-0.2, 0) is 0 Å². The molecule has 0 heterocycles. The van der Waals surface area contributed by atoms with E-state index in [1.165, 1.54) is 0 Å². The highest BCUT2D eigenvalue weighted by atomic mass is 16.5. The summed E-state index contributed by atoms with van der Waals surface area (Å²) in [5.74, 6) is 0.776. The molecule has 0 saturated carbocycles. The van der Waals surface area contributed by atoms with E-state index in [9.17, 15) is 4.79 Å². The molecule has 4 heteroatoms. The Morgan fingerprint density at radius 2 is 2.06 bits per heavy atom. The fourth-order valence-electron chi connectivity index (χ4n) is 1.68. The third-order valence-corrected chi connectivity index (χ3v) is 2.81. The summed E-state index contributed by atoms with van der Waals surface area (Å²) in [4.78, 5) is 12.2. The Labute approximate surface area is 109 Å². The lowest BCUT2D eigenvalue weighted by Gasteiger charge is -2.21. The number of carbonyl (C=O) groups excluding carboxylic acids is 1. The Kier molecular flexibility index (Phi) is 5.65. The van der Waals surface area contributed by atoms with Crippen molar-refractivity contribution in [2.24, 2.45) is 11.7 Å². The Bertz CT molecular complexity index is 391. The lowest BCUT2D eigenvalue weighted by atomic mass is 10.0. The van der Waals surface area contributed by atoms with E-state index in [1.807, 2.05) is 32.9 Å². The molecule has 0 aliphatic carbocycles. The fourth-order valence-corrected chi connectivity index (χ4v) is 1.68. The van der Waals surface area contributed by atoms with Gasteiger partial charge in [-0.2, -0.15) is 0 Å². The number of hydrogen-bond acceptors (Lipinski definition) is 3. The van der Waals surface area contributed by atoms with Crippen molar-refractivity contribution in [2.75, 3.05) is 13.2 Å². The Morgan fingerprint density at radius 1 is 1.39 bits per heavy atom. The van der Waals surface area contributed by atoms with Crippen molar-refractivity contribution in [3.8, 4) is 5.75 Å². The van der Waals surface area contributed by atoms with E-state index in [-0.39, 0.29) is 11.9 Å². The third-order valence-electron chi connectivity index (χ3n) is 2.81. The van der Waals surface area contributed by atoms with Gasteiger partial charge in [-0.25, -0.2) is 0 Å². The van der Waals surface area contributed by atoms with Crippen LogP contribution in [-0.4, -0.2) is 25.1 Å². The van der Waals surface area contributed by atoms with Crippen molar-refractivity contribution >= 4 is 5.91 Å². The highest BCUT2D eigenvalue weighted by molar-refractivity contribution is 5.97. The molecule has 0 aliphatic rings. The quantitative estimate of drug-likeness (QED) is 0.809. The van der Waals surface area contributed by atoms with E-state index >= 15 is 0 Å². The summed E-state index contributed by atoms with van der Waals surface area (Å²) in [5.41, 5.74) is 6.20. The van der Waals surface area contributed by atoms with Crippen LogP contribution in [0.5, 0.6) is 5.75 Å². The number of nitrogens with two attached hydrogens (primary N) is 1. The summed E-state index contributed by atoms with van der Waals surface area (Å²) < 4.78 is 5.44. The normalized spacial score (nSPS) is 12.3. The SMILES string of the molecule is CCOc1ccccc1C(=O)NC(CN)C(C)C. The molecule has 0 fully saturated rings. The zero-order valence-electron chi connectivity index (χ0n) is 11.3. The molecule has 0 bridgehead atoms. The predicted molar refractivity (Wildman–Crippen MR) is 72.8 cm³/mol. The Balaban J connectivity index is 2.83. The number of benzene rings is 1. The first-order chi connectivity index (χ1) is 8.60. The molecule has 0 saturated heterocycles. The average molecular weight is 250 g/mol. The molecule has 1 amide bonds. The van der Waals surface area contributed by atoms with Crippen LogP contribution in [0.4, 0.5) is 0 Å². The molecular weight excluding hydrogens is 228 g/mol. The number of amides is 1. The maximum absolute atomic E-state index is 12.2. The van der Waals surface area contributed by atoms with E-state index in [2.05, 4.69) is 5.32 Å². The number of ether oxygens (including phenoxy) is 1. The van der Waals surface area contributed by atoms with Gasteiger partial charge in [0, 0.05) is 12.6 Å². The number of rotatable bonds is 6. The van der Waals surface area contributed by atoms with Gasteiger partial charge in [0.1, 0.15) is 5.75 Å². The van der Waals surface area contributed by atoms with Gasteiger partial charge in [-0.3, -0.25) is 4.79 Å². The molecule has 0 radical (unpaired) electrons. The lowest BCUT2D eigenvalue weighted by Crippen LogP contribution is -2.43. The van der Waals surface area contributed by atoms with Crippen molar-refractivity contribution in [1.29, 1.82) is 0 Å². The molecule has 100 valence electrons. The smallest absolute Gasteiger partial charge is 0.255 e. The van der Waals surface area contributed by atoms with Crippen LogP contribution >= 0.6 is 0 Å². The zero-order valence-corrected chi connectivity index (χ0v) is 11.3. The van der Waals surface area contributed by atoms with E-state index in [0.29, 0.717) is 30.4 Å². The monoisotopic (exact) mass is 250 g/mol. The van der Waals surface area contributed by atoms with Crippen molar-refractivity contribution in [1.82, 2.24) is 5.32 Å². The van der Waals surface area contributed by atoms with Gasteiger partial charge in [0.05, 0.1) is 12.2 Å². The molecule has 3 N–H and O–H groups in total. The first-order valence-electron chi connectivity index (χ1n) is 6.32. The summed E-state index contributed by atoms with van der Waals surface area (Å²) >= 11 is 0. The second-order valence-corrected chi connectivity index (χ2v) is 4.49. The van der Waals surface area contributed by atoms with Gasteiger partial charge in [-0.05, 0) is 25.0 Å². The minimum absolute atomic E-state index is 0.0211. The molecule has 1 aromatic carbocycles. The summed E-state index contributed by atoms with van der Waals surface area (Å²) in [6.07, 6.45) is 0. The summed E-state index contributed by atoms with van der Waals surface area (Å²) in [5, 5.41) is 2.94. The first-order valence-corrected chi connectivity index (χ1v) is 6.32. The van der Waals surface area contributed by atoms with Crippen LogP contribution in [0, 0.1) is 5.92 Å². The van der Waals surface area contributed by atoms with Gasteiger partial charge < -0.3 is 15.8 Å². The summed E-state index contributed by atoms with van der Waals surface area (Å²) in [6.45, 7) is 6.93. The maximum Gasteiger partial charge on any atom is 0.255 e. The van der Waals surface area contributed by atoms with Crippen LogP contribution < -0.4 is 15.8 Å². The Morgan fingerprint density at radius 3 is 2.61 bits per heavy atom. The average Bonchev–Trinajstić information content (AvgIpc) is 2.36. The van der Waals surface area contributed by atoms with Crippen molar-refractivity contribution in [3.63, 3.8) is 0 Å². The van der Waals surface area contributed by atoms with Crippen molar-refractivity contribution < 1.29 is 9.53 Å². The molecule has 1 aromatic rings. The maximum atomic E-state index is 12.2. The molecule has 1 unspecified atom stereocenters. The highest BCUT2D eigenvalue weighted by Gasteiger charge is 2.18. The van der Waals surface area contributed by atoms with Gasteiger partial charge in [0.15, 0.2) is 0 Å². The van der Waals surface area contributed by atoms with Gasteiger partial charge in [-0.1, -0.05) is 26.0 Å². The number of nitrogens with one attached hydrogen (secondary N) is 1. The summed E-state index contributed by atoms with van der Waals surface area (Å²) in [6, 6.07) is 7.21. The van der Waals surface area contributed by atoms with Gasteiger partial charge in [-0.15, -0.1) is 0 Å². The van der Waals surface area contributed by atoms with Crippen LogP contribution in [0.2, 0.25) is 0 Å². The standard InChI is InChI=1S/C14H22N2O2/c1-4-18-13-8-6-5-7-11(13)14(17)16-12(9-15)10(2)3/h5-8,10,12H,4,9,15H2,1-3H3,(H,16,17). The van der Waals surface area contributed by atoms with Gasteiger partial charge >= 0.3 is 0 Å². The molecule has 4 nitrogen and oxygen atoms in total. The third kappa shape index (κ3) is 3.74.